The first kappa shape index (κ1) is 17.3. The van der Waals surface area contributed by atoms with Crippen molar-refractivity contribution in [3.8, 4) is 0 Å². The molecule has 4 heteroatoms. The molecular formula is C19H28N4. The third kappa shape index (κ3) is 5.23. The van der Waals surface area contributed by atoms with Gasteiger partial charge in [0.2, 0.25) is 5.95 Å². The Balaban J connectivity index is 2.12. The van der Waals surface area contributed by atoms with Crippen LogP contribution in [0.4, 0.5) is 17.5 Å². The van der Waals surface area contributed by atoms with Gasteiger partial charge in [-0.25, -0.2) is 4.98 Å². The number of para-hydroxylation sites is 1. The summed E-state index contributed by atoms with van der Waals surface area (Å²) in [6.07, 6.45) is 2.89. The van der Waals surface area contributed by atoms with Gasteiger partial charge in [0.25, 0.3) is 0 Å². The Morgan fingerprint density at radius 3 is 2.52 bits per heavy atom. The molecule has 0 saturated heterocycles. The Bertz CT molecular complexity index is 629. The molecule has 124 valence electrons. The number of aromatic nitrogens is 2. The Kier molecular flexibility index (Phi) is 5.59. The van der Waals surface area contributed by atoms with Crippen LogP contribution in [0.1, 0.15) is 46.6 Å². The van der Waals surface area contributed by atoms with Gasteiger partial charge in [-0.05, 0) is 35.4 Å². The van der Waals surface area contributed by atoms with Crippen LogP contribution in [-0.2, 0) is 5.41 Å². The molecule has 0 aliphatic heterocycles. The van der Waals surface area contributed by atoms with Gasteiger partial charge in [0.05, 0.1) is 0 Å². The first-order valence-corrected chi connectivity index (χ1v) is 8.29. The Morgan fingerprint density at radius 2 is 1.83 bits per heavy atom. The number of nitrogens with zero attached hydrogens (tertiary/aromatic N) is 2. The Morgan fingerprint density at radius 1 is 1.09 bits per heavy atom. The molecule has 0 bridgehead atoms. The minimum atomic E-state index is 0.0783. The van der Waals surface area contributed by atoms with Gasteiger partial charge in [-0.2, -0.15) is 4.98 Å². The van der Waals surface area contributed by atoms with Crippen molar-refractivity contribution in [2.75, 3.05) is 17.2 Å². The van der Waals surface area contributed by atoms with E-state index in [1.54, 1.807) is 6.20 Å². The summed E-state index contributed by atoms with van der Waals surface area (Å²) in [5.41, 5.74) is 2.44. The molecule has 0 spiro atoms. The molecule has 4 nitrogen and oxygen atoms in total. The SMILES string of the molecule is CC(C)CCNc1nccc(Nc2ccccc2C(C)(C)C)n1. The lowest BCUT2D eigenvalue weighted by Crippen LogP contribution is -2.14. The van der Waals surface area contributed by atoms with Gasteiger partial charge in [-0.3, -0.25) is 0 Å². The number of rotatable bonds is 6. The van der Waals surface area contributed by atoms with Crippen LogP contribution >= 0.6 is 0 Å². The standard InChI is InChI=1S/C19H28N4/c1-14(2)10-12-20-18-21-13-11-17(23-18)22-16-9-7-6-8-15(16)19(3,4)5/h6-9,11,13-14H,10,12H2,1-5H3,(H2,20,21,22,23). The molecule has 2 aromatic rings. The lowest BCUT2D eigenvalue weighted by molar-refractivity contribution is 0.592. The highest BCUT2D eigenvalue weighted by atomic mass is 15.1. The molecule has 0 amide bonds. The molecular weight excluding hydrogens is 284 g/mol. The van der Waals surface area contributed by atoms with E-state index in [2.05, 4.69) is 73.4 Å². The molecule has 0 aliphatic carbocycles. The van der Waals surface area contributed by atoms with Crippen molar-refractivity contribution < 1.29 is 0 Å². The monoisotopic (exact) mass is 312 g/mol. The van der Waals surface area contributed by atoms with Gasteiger partial charge < -0.3 is 10.6 Å². The Labute approximate surface area is 139 Å². The minimum absolute atomic E-state index is 0.0783. The quantitative estimate of drug-likeness (QED) is 0.790. The van der Waals surface area contributed by atoms with E-state index in [0.717, 1.165) is 24.5 Å². The van der Waals surface area contributed by atoms with Crippen LogP contribution in [0.3, 0.4) is 0 Å². The molecule has 0 atom stereocenters. The third-order valence-electron chi connectivity index (χ3n) is 3.66. The average Bonchev–Trinajstić information content (AvgIpc) is 2.47. The van der Waals surface area contributed by atoms with Crippen molar-refractivity contribution in [1.29, 1.82) is 0 Å². The van der Waals surface area contributed by atoms with Crippen LogP contribution in [0.25, 0.3) is 0 Å². The largest absolute Gasteiger partial charge is 0.354 e. The van der Waals surface area contributed by atoms with Gasteiger partial charge in [-0.15, -0.1) is 0 Å². The van der Waals surface area contributed by atoms with E-state index in [4.69, 9.17) is 0 Å². The van der Waals surface area contributed by atoms with Crippen molar-refractivity contribution >= 4 is 17.5 Å². The smallest absolute Gasteiger partial charge is 0.224 e. The van der Waals surface area contributed by atoms with Gasteiger partial charge in [-0.1, -0.05) is 52.8 Å². The van der Waals surface area contributed by atoms with E-state index in [-0.39, 0.29) is 5.41 Å². The van der Waals surface area contributed by atoms with Gasteiger partial charge in [0, 0.05) is 18.4 Å². The van der Waals surface area contributed by atoms with E-state index in [1.165, 1.54) is 5.56 Å². The zero-order chi connectivity index (χ0) is 16.9. The average molecular weight is 312 g/mol. The number of nitrogens with one attached hydrogen (secondary N) is 2. The maximum atomic E-state index is 4.55. The minimum Gasteiger partial charge on any atom is -0.354 e. The van der Waals surface area contributed by atoms with E-state index >= 15 is 0 Å². The zero-order valence-corrected chi connectivity index (χ0v) is 14.9. The van der Waals surface area contributed by atoms with Crippen LogP contribution in [-0.4, -0.2) is 16.5 Å². The first-order chi connectivity index (χ1) is 10.9. The van der Waals surface area contributed by atoms with Gasteiger partial charge in [0.1, 0.15) is 5.82 Å². The maximum Gasteiger partial charge on any atom is 0.224 e. The number of anilines is 3. The number of benzene rings is 1. The van der Waals surface area contributed by atoms with Crippen molar-refractivity contribution in [2.24, 2.45) is 5.92 Å². The summed E-state index contributed by atoms with van der Waals surface area (Å²) in [5, 5.41) is 6.71. The number of hydrogen-bond donors (Lipinski definition) is 2. The van der Waals surface area contributed by atoms with Crippen molar-refractivity contribution in [3.63, 3.8) is 0 Å². The van der Waals surface area contributed by atoms with Crippen molar-refractivity contribution in [3.05, 3.63) is 42.1 Å². The molecule has 0 saturated carbocycles. The molecule has 2 rings (SSSR count). The lowest BCUT2D eigenvalue weighted by atomic mass is 9.86. The lowest BCUT2D eigenvalue weighted by Gasteiger charge is -2.23. The fraction of sp³-hybridized carbons (Fsp3) is 0.474. The summed E-state index contributed by atoms with van der Waals surface area (Å²) in [6.45, 7) is 12.0. The molecule has 2 N–H and O–H groups in total. The van der Waals surface area contributed by atoms with Crippen molar-refractivity contribution in [2.45, 2.75) is 46.5 Å². The highest BCUT2D eigenvalue weighted by molar-refractivity contribution is 5.62. The second kappa shape index (κ2) is 7.44. The zero-order valence-electron chi connectivity index (χ0n) is 14.9. The summed E-state index contributed by atoms with van der Waals surface area (Å²) in [6, 6.07) is 10.3. The van der Waals surface area contributed by atoms with E-state index in [9.17, 15) is 0 Å². The fourth-order valence-corrected chi connectivity index (χ4v) is 2.37. The molecule has 1 heterocycles. The van der Waals surface area contributed by atoms with E-state index < -0.39 is 0 Å². The molecule has 0 aliphatic rings. The molecule has 0 fully saturated rings. The topological polar surface area (TPSA) is 49.8 Å². The normalized spacial score (nSPS) is 11.6. The summed E-state index contributed by atoms with van der Waals surface area (Å²) in [4.78, 5) is 8.84. The highest BCUT2D eigenvalue weighted by Gasteiger charge is 2.17. The second-order valence-electron chi connectivity index (χ2n) is 7.30. The number of hydrogen-bond acceptors (Lipinski definition) is 4. The van der Waals surface area contributed by atoms with Crippen LogP contribution in [0.15, 0.2) is 36.5 Å². The van der Waals surface area contributed by atoms with Crippen molar-refractivity contribution in [1.82, 2.24) is 9.97 Å². The Hall–Kier alpha value is -2.10. The van der Waals surface area contributed by atoms with Crippen LogP contribution in [0.5, 0.6) is 0 Å². The summed E-state index contributed by atoms with van der Waals surface area (Å²) >= 11 is 0. The summed E-state index contributed by atoms with van der Waals surface area (Å²) in [7, 11) is 0. The van der Waals surface area contributed by atoms with Gasteiger partial charge >= 0.3 is 0 Å². The third-order valence-corrected chi connectivity index (χ3v) is 3.66. The molecule has 0 radical (unpaired) electrons. The summed E-state index contributed by atoms with van der Waals surface area (Å²) < 4.78 is 0. The van der Waals surface area contributed by atoms with E-state index in [1.807, 2.05) is 12.1 Å². The second-order valence-corrected chi connectivity index (χ2v) is 7.30. The molecule has 1 aromatic heterocycles. The highest BCUT2D eigenvalue weighted by Crippen LogP contribution is 2.30. The maximum absolute atomic E-state index is 4.55. The molecule has 0 unspecified atom stereocenters. The molecule has 1 aromatic carbocycles. The predicted molar refractivity (Wildman–Crippen MR) is 98.4 cm³/mol. The van der Waals surface area contributed by atoms with Crippen LogP contribution < -0.4 is 10.6 Å². The molecule has 23 heavy (non-hydrogen) atoms. The van der Waals surface area contributed by atoms with Crippen LogP contribution in [0, 0.1) is 5.92 Å². The van der Waals surface area contributed by atoms with E-state index in [0.29, 0.717) is 11.9 Å². The van der Waals surface area contributed by atoms with Crippen LogP contribution in [0.2, 0.25) is 0 Å². The summed E-state index contributed by atoms with van der Waals surface area (Å²) in [5.74, 6) is 2.15. The fourth-order valence-electron chi connectivity index (χ4n) is 2.37. The predicted octanol–water partition coefficient (Wildman–Crippen LogP) is 4.98. The van der Waals surface area contributed by atoms with Gasteiger partial charge in [0.15, 0.2) is 0 Å². The first-order valence-electron chi connectivity index (χ1n) is 8.29.